The smallest absolute Gasteiger partial charge is 0.226 e. The van der Waals surface area contributed by atoms with Gasteiger partial charge < -0.3 is 9.42 Å². The number of carbonyl (C=O) groups excluding carboxylic acids is 1. The fourth-order valence-corrected chi connectivity index (χ4v) is 2.84. The topological polar surface area (TPSA) is 72.1 Å². The molecule has 116 valence electrons. The fraction of sp³-hybridized carbons (Fsp3) is 0.500. The van der Waals surface area contributed by atoms with Crippen molar-refractivity contribution in [1.82, 2.24) is 20.0 Å². The molecule has 0 aliphatic carbocycles. The Morgan fingerprint density at radius 2 is 2.05 bits per heavy atom. The lowest BCUT2D eigenvalue weighted by atomic mass is 9.93. The van der Waals surface area contributed by atoms with Crippen molar-refractivity contribution in [3.8, 4) is 0 Å². The zero-order chi connectivity index (χ0) is 15.4. The highest BCUT2D eigenvalue weighted by Gasteiger charge is 2.24. The second-order valence-corrected chi connectivity index (χ2v) is 5.80. The Kier molecular flexibility index (Phi) is 4.46. The number of nitrogens with zero attached hydrogens (tertiary/aromatic N) is 4. The summed E-state index contributed by atoms with van der Waals surface area (Å²) in [6.45, 7) is 3.44. The summed E-state index contributed by atoms with van der Waals surface area (Å²) in [5.41, 5.74) is 1.02. The monoisotopic (exact) mass is 300 g/mol. The van der Waals surface area contributed by atoms with Crippen molar-refractivity contribution in [2.24, 2.45) is 5.92 Å². The van der Waals surface area contributed by atoms with Crippen LogP contribution >= 0.6 is 0 Å². The number of hydrogen-bond acceptors (Lipinski definition) is 5. The van der Waals surface area contributed by atoms with E-state index < -0.39 is 0 Å². The van der Waals surface area contributed by atoms with Crippen LogP contribution in [0.4, 0.5) is 0 Å². The van der Waals surface area contributed by atoms with Crippen LogP contribution in [0.15, 0.2) is 29.0 Å². The van der Waals surface area contributed by atoms with Crippen molar-refractivity contribution in [3.63, 3.8) is 0 Å². The second kappa shape index (κ2) is 6.68. The predicted octanol–water partition coefficient (Wildman–Crippen LogP) is 1.80. The third kappa shape index (κ3) is 3.69. The van der Waals surface area contributed by atoms with E-state index in [1.165, 1.54) is 0 Å². The van der Waals surface area contributed by atoms with Crippen molar-refractivity contribution in [2.45, 2.75) is 32.6 Å². The number of piperidine rings is 1. The highest BCUT2D eigenvalue weighted by Crippen LogP contribution is 2.21. The minimum Gasteiger partial charge on any atom is -0.342 e. The lowest BCUT2D eigenvalue weighted by Crippen LogP contribution is -2.39. The van der Waals surface area contributed by atoms with Crippen LogP contribution in [0, 0.1) is 12.8 Å². The number of aromatic nitrogens is 3. The molecule has 1 fully saturated rings. The Bertz CT molecular complexity index is 618. The van der Waals surface area contributed by atoms with Gasteiger partial charge in [0.1, 0.15) is 0 Å². The maximum absolute atomic E-state index is 12.3. The summed E-state index contributed by atoms with van der Waals surface area (Å²) in [6.07, 6.45) is 6.69. The molecule has 0 saturated carbocycles. The van der Waals surface area contributed by atoms with E-state index in [-0.39, 0.29) is 5.91 Å². The number of pyridine rings is 1. The molecule has 2 aromatic rings. The highest BCUT2D eigenvalue weighted by molar-refractivity contribution is 5.78. The van der Waals surface area contributed by atoms with Gasteiger partial charge in [0.25, 0.3) is 0 Å². The van der Waals surface area contributed by atoms with Crippen LogP contribution < -0.4 is 0 Å². The molecule has 22 heavy (non-hydrogen) atoms. The molecule has 3 heterocycles. The largest absolute Gasteiger partial charge is 0.342 e. The zero-order valence-electron chi connectivity index (χ0n) is 12.7. The Hall–Kier alpha value is -2.24. The molecule has 6 heteroatoms. The number of aryl methyl sites for hydroxylation is 1. The molecule has 0 unspecified atom stereocenters. The van der Waals surface area contributed by atoms with Crippen LogP contribution in [0.3, 0.4) is 0 Å². The van der Waals surface area contributed by atoms with Gasteiger partial charge in [-0.25, -0.2) is 0 Å². The first-order chi connectivity index (χ1) is 10.7. The van der Waals surface area contributed by atoms with Crippen molar-refractivity contribution >= 4 is 5.91 Å². The Morgan fingerprint density at radius 3 is 2.68 bits per heavy atom. The second-order valence-electron chi connectivity index (χ2n) is 5.80. The molecular weight excluding hydrogens is 280 g/mol. The SMILES string of the molecule is Cc1noc(CC2CCN(C(=O)Cc3ccncc3)CC2)n1. The molecule has 0 aromatic carbocycles. The molecule has 0 radical (unpaired) electrons. The maximum Gasteiger partial charge on any atom is 0.226 e. The van der Waals surface area contributed by atoms with Crippen molar-refractivity contribution in [1.29, 1.82) is 0 Å². The van der Waals surface area contributed by atoms with E-state index in [2.05, 4.69) is 15.1 Å². The van der Waals surface area contributed by atoms with Gasteiger partial charge in [-0.1, -0.05) is 5.16 Å². The van der Waals surface area contributed by atoms with Crippen LogP contribution in [0.25, 0.3) is 0 Å². The van der Waals surface area contributed by atoms with Gasteiger partial charge >= 0.3 is 0 Å². The Labute approximate surface area is 129 Å². The lowest BCUT2D eigenvalue weighted by molar-refractivity contribution is -0.131. The van der Waals surface area contributed by atoms with Crippen molar-refractivity contribution < 1.29 is 9.32 Å². The van der Waals surface area contributed by atoms with Crippen LogP contribution in [-0.4, -0.2) is 39.0 Å². The first-order valence-corrected chi connectivity index (χ1v) is 7.66. The van der Waals surface area contributed by atoms with E-state index >= 15 is 0 Å². The summed E-state index contributed by atoms with van der Waals surface area (Å²) in [5, 5.41) is 3.82. The molecule has 1 aliphatic rings. The molecule has 0 bridgehead atoms. The van der Waals surface area contributed by atoms with Gasteiger partial charge in [0.2, 0.25) is 11.8 Å². The van der Waals surface area contributed by atoms with Gasteiger partial charge in [-0.3, -0.25) is 9.78 Å². The van der Waals surface area contributed by atoms with E-state index in [0.29, 0.717) is 24.1 Å². The van der Waals surface area contributed by atoms with Gasteiger partial charge in [0.05, 0.1) is 6.42 Å². The quantitative estimate of drug-likeness (QED) is 0.861. The summed E-state index contributed by atoms with van der Waals surface area (Å²) in [6, 6.07) is 3.78. The molecule has 1 saturated heterocycles. The summed E-state index contributed by atoms with van der Waals surface area (Å²) in [5.74, 6) is 2.10. The normalized spacial score (nSPS) is 16.0. The average Bonchev–Trinajstić information content (AvgIpc) is 2.94. The van der Waals surface area contributed by atoms with Gasteiger partial charge in [0, 0.05) is 31.9 Å². The summed E-state index contributed by atoms with van der Waals surface area (Å²) in [4.78, 5) is 22.5. The zero-order valence-corrected chi connectivity index (χ0v) is 12.7. The molecule has 3 rings (SSSR count). The summed E-state index contributed by atoms with van der Waals surface area (Å²) < 4.78 is 5.17. The summed E-state index contributed by atoms with van der Waals surface area (Å²) in [7, 11) is 0. The minimum atomic E-state index is 0.193. The molecule has 0 spiro atoms. The molecular formula is C16H20N4O2. The number of rotatable bonds is 4. The molecule has 1 aliphatic heterocycles. The molecule has 1 amide bonds. The molecule has 2 aromatic heterocycles. The van der Waals surface area contributed by atoms with E-state index in [1.807, 2.05) is 24.0 Å². The number of likely N-dealkylation sites (tertiary alicyclic amines) is 1. The highest BCUT2D eigenvalue weighted by atomic mass is 16.5. The van der Waals surface area contributed by atoms with E-state index in [1.54, 1.807) is 12.4 Å². The molecule has 0 N–H and O–H groups in total. The molecule has 6 nitrogen and oxygen atoms in total. The molecule has 0 atom stereocenters. The number of amides is 1. The number of carbonyl (C=O) groups is 1. The van der Waals surface area contributed by atoms with Crippen LogP contribution in [0.2, 0.25) is 0 Å². The Morgan fingerprint density at radius 1 is 1.32 bits per heavy atom. The van der Waals surface area contributed by atoms with Gasteiger partial charge in [0.15, 0.2) is 5.82 Å². The standard InChI is InChI=1S/C16H20N4O2/c1-12-18-15(22-19-12)10-14-4-8-20(9-5-14)16(21)11-13-2-6-17-7-3-13/h2-3,6-7,14H,4-5,8-11H2,1H3. The van der Waals surface area contributed by atoms with Gasteiger partial charge in [-0.15, -0.1) is 0 Å². The van der Waals surface area contributed by atoms with E-state index in [0.717, 1.165) is 37.9 Å². The fourth-order valence-electron chi connectivity index (χ4n) is 2.84. The first kappa shape index (κ1) is 14.7. The van der Waals surface area contributed by atoms with Gasteiger partial charge in [-0.2, -0.15) is 4.98 Å². The van der Waals surface area contributed by atoms with Crippen LogP contribution in [0.1, 0.15) is 30.1 Å². The van der Waals surface area contributed by atoms with E-state index in [9.17, 15) is 4.79 Å². The van der Waals surface area contributed by atoms with E-state index in [4.69, 9.17) is 4.52 Å². The predicted molar refractivity (Wildman–Crippen MR) is 80.0 cm³/mol. The first-order valence-electron chi connectivity index (χ1n) is 7.66. The van der Waals surface area contributed by atoms with Crippen LogP contribution in [-0.2, 0) is 17.6 Å². The third-order valence-corrected chi connectivity index (χ3v) is 4.10. The average molecular weight is 300 g/mol. The van der Waals surface area contributed by atoms with Gasteiger partial charge in [-0.05, 0) is 43.4 Å². The minimum absolute atomic E-state index is 0.193. The third-order valence-electron chi connectivity index (χ3n) is 4.10. The number of hydrogen-bond donors (Lipinski definition) is 0. The summed E-state index contributed by atoms with van der Waals surface area (Å²) >= 11 is 0. The van der Waals surface area contributed by atoms with Crippen molar-refractivity contribution in [3.05, 3.63) is 41.8 Å². The van der Waals surface area contributed by atoms with Crippen LogP contribution in [0.5, 0.6) is 0 Å². The Balaban J connectivity index is 1.48. The van der Waals surface area contributed by atoms with Crippen molar-refractivity contribution in [2.75, 3.05) is 13.1 Å². The maximum atomic E-state index is 12.3. The lowest BCUT2D eigenvalue weighted by Gasteiger charge is -2.31.